The molecule has 0 saturated heterocycles. The van der Waals surface area contributed by atoms with Crippen molar-refractivity contribution in [2.45, 2.75) is 33.6 Å². The van der Waals surface area contributed by atoms with Crippen molar-refractivity contribution in [1.82, 2.24) is 0 Å². The van der Waals surface area contributed by atoms with Crippen molar-refractivity contribution in [2.75, 3.05) is 0 Å². The summed E-state index contributed by atoms with van der Waals surface area (Å²) in [6, 6.07) is 0. The van der Waals surface area contributed by atoms with Crippen molar-refractivity contribution in [3.8, 4) is 0 Å². The van der Waals surface area contributed by atoms with E-state index in [1.807, 2.05) is 0 Å². The molecule has 0 amide bonds. The standard InChI is InChI=1S/C10H19/c1-7-5-6-8(2)10(4)9(7)3/h7-10H,3,5-6H2,1-2,4H3. The highest BCUT2D eigenvalue weighted by Gasteiger charge is 2.28. The molecule has 0 spiro atoms. The average Bonchev–Trinajstić information content (AvgIpc) is 1.93. The molecule has 10 heavy (non-hydrogen) atoms. The lowest BCUT2D eigenvalue weighted by atomic mass is 9.69. The maximum absolute atomic E-state index is 4.21. The fourth-order valence-corrected chi connectivity index (χ4v) is 1.94. The van der Waals surface area contributed by atoms with Crippen molar-refractivity contribution in [3.63, 3.8) is 0 Å². The van der Waals surface area contributed by atoms with E-state index in [1.54, 1.807) is 0 Å². The van der Waals surface area contributed by atoms with Gasteiger partial charge < -0.3 is 0 Å². The first-order valence-electron chi connectivity index (χ1n) is 4.46. The fraction of sp³-hybridized carbons (Fsp3) is 0.900. The van der Waals surface area contributed by atoms with Gasteiger partial charge in [0.1, 0.15) is 0 Å². The Bertz CT molecular complexity index is 92.6. The van der Waals surface area contributed by atoms with Crippen molar-refractivity contribution in [2.24, 2.45) is 23.7 Å². The minimum Gasteiger partial charge on any atom is -0.0622 e. The van der Waals surface area contributed by atoms with Crippen LogP contribution in [0.5, 0.6) is 0 Å². The molecule has 1 radical (unpaired) electrons. The van der Waals surface area contributed by atoms with Gasteiger partial charge in [-0.05, 0) is 30.6 Å². The van der Waals surface area contributed by atoms with E-state index in [9.17, 15) is 0 Å². The van der Waals surface area contributed by atoms with Crippen LogP contribution in [0.15, 0.2) is 0 Å². The van der Waals surface area contributed by atoms with Gasteiger partial charge in [0, 0.05) is 0 Å². The molecular formula is C10H19. The zero-order valence-electron chi connectivity index (χ0n) is 7.43. The summed E-state index contributed by atoms with van der Waals surface area (Å²) in [5, 5.41) is 0. The smallest absolute Gasteiger partial charge is 0.0360 e. The molecule has 4 atom stereocenters. The Labute approximate surface area is 65.0 Å². The van der Waals surface area contributed by atoms with Gasteiger partial charge in [0.05, 0.1) is 0 Å². The lowest BCUT2D eigenvalue weighted by Gasteiger charge is -2.36. The summed E-state index contributed by atoms with van der Waals surface area (Å²) in [7, 11) is 0. The molecule has 0 bridgehead atoms. The van der Waals surface area contributed by atoms with E-state index >= 15 is 0 Å². The predicted octanol–water partition coefficient (Wildman–Crippen LogP) is 3.14. The Morgan fingerprint density at radius 3 is 2.00 bits per heavy atom. The third-order valence-corrected chi connectivity index (χ3v) is 3.38. The molecule has 1 fully saturated rings. The first kappa shape index (κ1) is 8.10. The fourth-order valence-electron chi connectivity index (χ4n) is 1.94. The number of rotatable bonds is 0. The van der Waals surface area contributed by atoms with Crippen LogP contribution in [0.1, 0.15) is 33.6 Å². The van der Waals surface area contributed by atoms with Crippen LogP contribution in [0.2, 0.25) is 0 Å². The molecule has 0 aromatic carbocycles. The predicted molar refractivity (Wildman–Crippen MR) is 45.6 cm³/mol. The highest BCUT2D eigenvalue weighted by atomic mass is 14.3. The molecule has 1 aliphatic carbocycles. The molecule has 1 saturated carbocycles. The van der Waals surface area contributed by atoms with E-state index in [4.69, 9.17) is 0 Å². The summed E-state index contributed by atoms with van der Waals surface area (Å²) < 4.78 is 0. The molecule has 0 aromatic rings. The minimum absolute atomic E-state index is 0.698. The molecule has 1 aliphatic rings. The summed E-state index contributed by atoms with van der Waals surface area (Å²) in [5.41, 5.74) is 0. The van der Waals surface area contributed by atoms with Crippen LogP contribution in [0, 0.1) is 30.6 Å². The Balaban J connectivity index is 2.52. The molecule has 0 aliphatic heterocycles. The van der Waals surface area contributed by atoms with Crippen LogP contribution < -0.4 is 0 Å². The maximum Gasteiger partial charge on any atom is -0.0360 e. The highest BCUT2D eigenvalue weighted by Crippen LogP contribution is 2.37. The van der Waals surface area contributed by atoms with Crippen LogP contribution >= 0.6 is 0 Å². The lowest BCUT2D eigenvalue weighted by molar-refractivity contribution is 0.157. The van der Waals surface area contributed by atoms with Crippen LogP contribution in [0.3, 0.4) is 0 Å². The summed E-state index contributed by atoms with van der Waals surface area (Å²) in [4.78, 5) is 0. The molecule has 0 nitrogen and oxygen atoms in total. The zero-order chi connectivity index (χ0) is 7.72. The molecule has 0 aromatic heterocycles. The first-order valence-corrected chi connectivity index (χ1v) is 4.46. The van der Waals surface area contributed by atoms with Gasteiger partial charge in [0.15, 0.2) is 0 Å². The molecule has 0 N–H and O–H groups in total. The second-order valence-corrected chi connectivity index (χ2v) is 4.05. The number of hydrogen-bond donors (Lipinski definition) is 0. The highest BCUT2D eigenvalue weighted by molar-refractivity contribution is 4.82. The summed E-state index contributed by atoms with van der Waals surface area (Å²) in [6.07, 6.45) is 2.80. The lowest BCUT2D eigenvalue weighted by Crippen LogP contribution is -2.28. The van der Waals surface area contributed by atoms with Crippen LogP contribution in [-0.2, 0) is 0 Å². The van der Waals surface area contributed by atoms with E-state index < -0.39 is 0 Å². The van der Waals surface area contributed by atoms with Crippen molar-refractivity contribution >= 4 is 0 Å². The summed E-state index contributed by atoms with van der Waals surface area (Å²) in [6.45, 7) is 11.2. The summed E-state index contributed by atoms with van der Waals surface area (Å²) >= 11 is 0. The number of hydrogen-bond acceptors (Lipinski definition) is 0. The van der Waals surface area contributed by atoms with E-state index in [1.165, 1.54) is 12.8 Å². The topological polar surface area (TPSA) is 0 Å². The van der Waals surface area contributed by atoms with Crippen LogP contribution in [0.4, 0.5) is 0 Å². The SMILES string of the molecule is [CH2]C1C(C)CCC(C)C1C. The molecular weight excluding hydrogens is 120 g/mol. The van der Waals surface area contributed by atoms with Gasteiger partial charge in [0.25, 0.3) is 0 Å². The van der Waals surface area contributed by atoms with Gasteiger partial charge >= 0.3 is 0 Å². The van der Waals surface area contributed by atoms with E-state index in [0.717, 1.165) is 17.8 Å². The zero-order valence-corrected chi connectivity index (χ0v) is 7.43. The van der Waals surface area contributed by atoms with Gasteiger partial charge in [-0.2, -0.15) is 0 Å². The Kier molecular flexibility index (Phi) is 2.38. The Morgan fingerprint density at radius 2 is 1.50 bits per heavy atom. The first-order chi connectivity index (χ1) is 4.63. The van der Waals surface area contributed by atoms with E-state index in [-0.39, 0.29) is 0 Å². The normalized spacial score (nSPS) is 49.2. The monoisotopic (exact) mass is 139 g/mol. The van der Waals surface area contributed by atoms with Gasteiger partial charge in [-0.15, -0.1) is 0 Å². The maximum atomic E-state index is 4.21. The molecule has 4 unspecified atom stereocenters. The van der Waals surface area contributed by atoms with Crippen molar-refractivity contribution in [3.05, 3.63) is 6.92 Å². The van der Waals surface area contributed by atoms with Crippen molar-refractivity contribution < 1.29 is 0 Å². The second kappa shape index (κ2) is 2.94. The van der Waals surface area contributed by atoms with Crippen LogP contribution in [-0.4, -0.2) is 0 Å². The Hall–Kier alpha value is 0. The van der Waals surface area contributed by atoms with Gasteiger partial charge in [-0.25, -0.2) is 0 Å². The third-order valence-electron chi connectivity index (χ3n) is 3.38. The van der Waals surface area contributed by atoms with Gasteiger partial charge in [-0.3, -0.25) is 0 Å². The quantitative estimate of drug-likeness (QED) is 0.483. The van der Waals surface area contributed by atoms with Gasteiger partial charge in [0.2, 0.25) is 0 Å². The van der Waals surface area contributed by atoms with Crippen molar-refractivity contribution in [1.29, 1.82) is 0 Å². The third kappa shape index (κ3) is 1.36. The largest absolute Gasteiger partial charge is 0.0622 e. The van der Waals surface area contributed by atoms with E-state index in [2.05, 4.69) is 27.7 Å². The van der Waals surface area contributed by atoms with Gasteiger partial charge in [-0.1, -0.05) is 33.6 Å². The molecule has 59 valence electrons. The van der Waals surface area contributed by atoms with E-state index in [0.29, 0.717) is 5.92 Å². The molecule has 0 heterocycles. The average molecular weight is 139 g/mol. The summed E-state index contributed by atoms with van der Waals surface area (Å²) in [5.74, 6) is 3.29. The second-order valence-electron chi connectivity index (χ2n) is 4.05. The molecule has 0 heteroatoms. The minimum atomic E-state index is 0.698. The Morgan fingerprint density at radius 1 is 1.00 bits per heavy atom. The molecule has 1 rings (SSSR count). The van der Waals surface area contributed by atoms with Crippen LogP contribution in [0.25, 0.3) is 0 Å².